The van der Waals surface area contributed by atoms with E-state index in [1.807, 2.05) is 9.80 Å². The fourth-order valence-corrected chi connectivity index (χ4v) is 5.02. The standard InChI is InChI=1S/C23H35N3O3/c1-29-17-23(16-24-21-14-20(21)18-6-3-2-4-7-18)9-12-25(13-10-23)22(28)26-11-5-8-19(27)15-26/h2-4,6-7,19-21,24,27H,5,8-17H2,1H3. The van der Waals surface area contributed by atoms with Gasteiger partial charge in [0.15, 0.2) is 0 Å². The predicted molar refractivity (Wildman–Crippen MR) is 113 cm³/mol. The van der Waals surface area contributed by atoms with Crippen LogP contribution in [-0.4, -0.2) is 79.5 Å². The van der Waals surface area contributed by atoms with Gasteiger partial charge in [-0.2, -0.15) is 0 Å². The number of β-amino-alcohol motifs (C(OH)–C–C–N with tert-alkyl or cyclic N) is 1. The Hall–Kier alpha value is -1.63. The monoisotopic (exact) mass is 401 g/mol. The van der Waals surface area contributed by atoms with Crippen molar-refractivity contribution in [2.45, 2.75) is 50.2 Å². The number of ether oxygens (including phenoxy) is 1. The number of amides is 2. The van der Waals surface area contributed by atoms with Crippen LogP contribution in [0.25, 0.3) is 0 Å². The molecule has 3 atom stereocenters. The summed E-state index contributed by atoms with van der Waals surface area (Å²) in [4.78, 5) is 16.6. The van der Waals surface area contributed by atoms with Crippen molar-refractivity contribution < 1.29 is 14.6 Å². The number of likely N-dealkylation sites (tertiary alicyclic amines) is 2. The minimum Gasteiger partial charge on any atom is -0.391 e. The second kappa shape index (κ2) is 9.02. The quantitative estimate of drug-likeness (QED) is 0.769. The van der Waals surface area contributed by atoms with Crippen molar-refractivity contribution in [1.29, 1.82) is 0 Å². The van der Waals surface area contributed by atoms with Crippen LogP contribution in [0.4, 0.5) is 4.79 Å². The van der Waals surface area contributed by atoms with Gasteiger partial charge in [0.05, 0.1) is 12.7 Å². The maximum absolute atomic E-state index is 12.8. The molecule has 2 amide bonds. The molecule has 3 fully saturated rings. The molecule has 1 aromatic rings. The summed E-state index contributed by atoms with van der Waals surface area (Å²) in [5.74, 6) is 0.628. The van der Waals surface area contributed by atoms with Gasteiger partial charge in [-0.15, -0.1) is 0 Å². The highest BCUT2D eigenvalue weighted by molar-refractivity contribution is 5.74. The van der Waals surface area contributed by atoms with E-state index in [9.17, 15) is 9.90 Å². The lowest BCUT2D eigenvalue weighted by Gasteiger charge is -2.43. The summed E-state index contributed by atoms with van der Waals surface area (Å²) >= 11 is 0. The Balaban J connectivity index is 1.28. The molecule has 160 valence electrons. The molecule has 3 unspecified atom stereocenters. The molecule has 1 saturated carbocycles. The lowest BCUT2D eigenvalue weighted by Crippen LogP contribution is -2.54. The molecule has 1 aliphatic carbocycles. The van der Waals surface area contributed by atoms with Crippen LogP contribution in [0.3, 0.4) is 0 Å². The van der Waals surface area contributed by atoms with E-state index in [0.717, 1.165) is 58.5 Å². The van der Waals surface area contributed by atoms with Crippen LogP contribution in [0.15, 0.2) is 30.3 Å². The van der Waals surface area contributed by atoms with E-state index >= 15 is 0 Å². The SMILES string of the molecule is COCC1(CNC2CC2c2ccccc2)CCN(C(=O)N2CCCC(O)C2)CC1. The summed E-state index contributed by atoms with van der Waals surface area (Å²) in [6, 6.07) is 11.4. The lowest BCUT2D eigenvalue weighted by atomic mass is 9.79. The third kappa shape index (κ3) is 4.93. The first kappa shape index (κ1) is 20.6. The van der Waals surface area contributed by atoms with Crippen LogP contribution in [-0.2, 0) is 4.74 Å². The summed E-state index contributed by atoms with van der Waals surface area (Å²) < 4.78 is 5.59. The molecule has 4 rings (SSSR count). The molecule has 0 spiro atoms. The number of urea groups is 1. The van der Waals surface area contributed by atoms with Crippen molar-refractivity contribution in [2.24, 2.45) is 5.41 Å². The van der Waals surface area contributed by atoms with Gasteiger partial charge < -0.3 is 25.0 Å². The van der Waals surface area contributed by atoms with Crippen molar-refractivity contribution in [1.82, 2.24) is 15.1 Å². The maximum Gasteiger partial charge on any atom is 0.320 e. The van der Waals surface area contributed by atoms with Gasteiger partial charge in [-0.25, -0.2) is 4.79 Å². The van der Waals surface area contributed by atoms with Gasteiger partial charge in [-0.3, -0.25) is 0 Å². The number of rotatable bonds is 6. The molecule has 0 aromatic heterocycles. The number of carbonyl (C=O) groups excluding carboxylic acids is 1. The van der Waals surface area contributed by atoms with Crippen LogP contribution in [0.1, 0.15) is 43.6 Å². The average Bonchev–Trinajstić information content (AvgIpc) is 3.53. The highest BCUT2D eigenvalue weighted by Gasteiger charge is 2.42. The van der Waals surface area contributed by atoms with Crippen LogP contribution in [0.5, 0.6) is 0 Å². The summed E-state index contributed by atoms with van der Waals surface area (Å²) in [5, 5.41) is 13.7. The molecular weight excluding hydrogens is 366 g/mol. The van der Waals surface area contributed by atoms with Gasteiger partial charge in [0.2, 0.25) is 0 Å². The largest absolute Gasteiger partial charge is 0.391 e. The minimum atomic E-state index is -0.370. The van der Waals surface area contributed by atoms with Gasteiger partial charge in [0, 0.05) is 57.2 Å². The van der Waals surface area contributed by atoms with Gasteiger partial charge in [0.25, 0.3) is 0 Å². The third-order valence-electron chi connectivity index (χ3n) is 6.97. The van der Waals surface area contributed by atoms with Crippen LogP contribution < -0.4 is 5.32 Å². The van der Waals surface area contributed by atoms with Gasteiger partial charge >= 0.3 is 6.03 Å². The number of methoxy groups -OCH3 is 1. The van der Waals surface area contributed by atoms with Crippen molar-refractivity contribution >= 4 is 6.03 Å². The number of hydrogen-bond acceptors (Lipinski definition) is 4. The molecule has 2 aliphatic heterocycles. The molecule has 29 heavy (non-hydrogen) atoms. The van der Waals surface area contributed by atoms with Gasteiger partial charge in [0.1, 0.15) is 0 Å². The number of benzene rings is 1. The molecule has 2 heterocycles. The first-order valence-electron chi connectivity index (χ1n) is 11.1. The second-order valence-corrected chi connectivity index (χ2v) is 9.18. The number of nitrogens with one attached hydrogen (secondary N) is 1. The molecule has 2 saturated heterocycles. The highest BCUT2D eigenvalue weighted by Crippen LogP contribution is 2.42. The van der Waals surface area contributed by atoms with Crippen LogP contribution in [0.2, 0.25) is 0 Å². The normalized spacial score (nSPS) is 29.0. The molecule has 3 aliphatic rings. The Kier molecular flexibility index (Phi) is 6.42. The molecular formula is C23H35N3O3. The van der Waals surface area contributed by atoms with E-state index < -0.39 is 0 Å². The van der Waals surface area contributed by atoms with E-state index in [4.69, 9.17) is 4.74 Å². The zero-order valence-electron chi connectivity index (χ0n) is 17.6. The number of nitrogens with zero attached hydrogens (tertiary/aromatic N) is 2. The summed E-state index contributed by atoms with van der Waals surface area (Å²) in [7, 11) is 1.78. The van der Waals surface area contributed by atoms with Gasteiger partial charge in [-0.05, 0) is 37.7 Å². The van der Waals surface area contributed by atoms with Crippen molar-refractivity contribution in [2.75, 3.05) is 46.4 Å². The molecule has 1 aromatic carbocycles. The zero-order valence-corrected chi connectivity index (χ0v) is 17.6. The Morgan fingerprint density at radius 3 is 2.66 bits per heavy atom. The third-order valence-corrected chi connectivity index (χ3v) is 6.97. The number of hydrogen-bond donors (Lipinski definition) is 2. The van der Waals surface area contributed by atoms with E-state index in [1.54, 1.807) is 7.11 Å². The van der Waals surface area contributed by atoms with Crippen molar-refractivity contribution in [3.8, 4) is 0 Å². The second-order valence-electron chi connectivity index (χ2n) is 9.18. The van der Waals surface area contributed by atoms with E-state index in [1.165, 1.54) is 12.0 Å². The molecule has 0 bridgehead atoms. The van der Waals surface area contributed by atoms with Crippen LogP contribution >= 0.6 is 0 Å². The van der Waals surface area contributed by atoms with Crippen LogP contribution in [0, 0.1) is 5.41 Å². The lowest BCUT2D eigenvalue weighted by molar-refractivity contribution is 0.0196. The number of piperidine rings is 2. The first-order chi connectivity index (χ1) is 14.1. The Morgan fingerprint density at radius 2 is 1.97 bits per heavy atom. The topological polar surface area (TPSA) is 65.0 Å². The van der Waals surface area contributed by atoms with Crippen molar-refractivity contribution in [3.05, 3.63) is 35.9 Å². The highest BCUT2D eigenvalue weighted by atomic mass is 16.5. The predicted octanol–water partition coefficient (Wildman–Crippen LogP) is 2.44. The fourth-order valence-electron chi connectivity index (χ4n) is 5.02. The number of aliphatic hydroxyl groups is 1. The smallest absolute Gasteiger partial charge is 0.320 e. The molecule has 6 nitrogen and oxygen atoms in total. The first-order valence-corrected chi connectivity index (χ1v) is 11.1. The Bertz CT molecular complexity index is 675. The maximum atomic E-state index is 12.8. The molecule has 6 heteroatoms. The zero-order chi connectivity index (χ0) is 20.3. The van der Waals surface area contributed by atoms with E-state index in [2.05, 4.69) is 35.6 Å². The Morgan fingerprint density at radius 1 is 1.21 bits per heavy atom. The molecule has 2 N–H and O–H groups in total. The number of aliphatic hydroxyl groups excluding tert-OH is 1. The fraction of sp³-hybridized carbons (Fsp3) is 0.696. The van der Waals surface area contributed by atoms with Gasteiger partial charge in [-0.1, -0.05) is 30.3 Å². The summed E-state index contributed by atoms with van der Waals surface area (Å²) in [6.45, 7) is 4.45. The molecule has 0 radical (unpaired) electrons. The Labute approximate surface area is 174 Å². The van der Waals surface area contributed by atoms with Crippen molar-refractivity contribution in [3.63, 3.8) is 0 Å². The van der Waals surface area contributed by atoms with E-state index in [0.29, 0.717) is 18.5 Å². The summed E-state index contributed by atoms with van der Waals surface area (Å²) in [6.07, 6.45) is 4.44. The number of carbonyl (C=O) groups is 1. The van der Waals surface area contributed by atoms with E-state index in [-0.39, 0.29) is 17.6 Å². The average molecular weight is 402 g/mol. The summed E-state index contributed by atoms with van der Waals surface area (Å²) in [5.41, 5.74) is 1.52. The minimum absolute atomic E-state index is 0.0917.